The molecule has 0 bridgehead atoms. The molecule has 146 valence electrons. The number of allylic oxidation sites excluding steroid dienone is 1. The summed E-state index contributed by atoms with van der Waals surface area (Å²) in [4.78, 5) is 6.17. The third-order valence-electron chi connectivity index (χ3n) is 3.85. The number of sulfone groups is 1. The quantitative estimate of drug-likeness (QED) is 0.495. The Morgan fingerprint density at radius 3 is 2.67 bits per heavy atom. The van der Waals surface area contributed by atoms with Crippen molar-refractivity contribution < 1.29 is 8.42 Å². The van der Waals surface area contributed by atoms with E-state index in [0.29, 0.717) is 17.2 Å². The Bertz CT molecular complexity index is 933. The molecule has 0 saturated carbocycles. The van der Waals surface area contributed by atoms with Crippen molar-refractivity contribution >= 4 is 33.0 Å². The molecule has 0 aliphatic carbocycles. The molecule has 1 aromatic rings. The van der Waals surface area contributed by atoms with Crippen LogP contribution in [0.5, 0.6) is 0 Å². The van der Waals surface area contributed by atoms with Crippen LogP contribution in [0.4, 0.5) is 0 Å². The van der Waals surface area contributed by atoms with E-state index >= 15 is 0 Å². The van der Waals surface area contributed by atoms with Gasteiger partial charge in [-0.05, 0) is 45.3 Å². The monoisotopic (exact) mass is 409 g/mol. The summed E-state index contributed by atoms with van der Waals surface area (Å²) in [5, 5.41) is 14.2. The fourth-order valence-electron chi connectivity index (χ4n) is 2.51. The van der Waals surface area contributed by atoms with Crippen LogP contribution >= 0.6 is 11.6 Å². The molecule has 1 aliphatic rings. The van der Waals surface area contributed by atoms with Gasteiger partial charge in [0.1, 0.15) is 5.84 Å². The maximum atomic E-state index is 13.2. The van der Waals surface area contributed by atoms with Crippen LogP contribution in [0.1, 0.15) is 13.3 Å². The number of rotatable bonds is 6. The number of aliphatic imine (C=N–C) groups is 1. The van der Waals surface area contributed by atoms with E-state index in [1.165, 1.54) is 19.2 Å². The number of hydrogen-bond acceptors (Lipinski definition) is 6. The predicted octanol–water partition coefficient (Wildman–Crippen LogP) is 2.38. The molecule has 27 heavy (non-hydrogen) atoms. The summed E-state index contributed by atoms with van der Waals surface area (Å²) in [6.45, 7) is 2.59. The molecule has 0 fully saturated rings. The third-order valence-corrected chi connectivity index (χ3v) is 5.89. The normalized spacial score (nSPS) is 16.4. The van der Waals surface area contributed by atoms with E-state index in [2.05, 4.69) is 15.6 Å². The van der Waals surface area contributed by atoms with E-state index in [0.717, 1.165) is 12.2 Å². The van der Waals surface area contributed by atoms with Gasteiger partial charge >= 0.3 is 0 Å². The summed E-state index contributed by atoms with van der Waals surface area (Å²) in [6, 6.07) is 5.97. The minimum absolute atomic E-state index is 0.0107. The van der Waals surface area contributed by atoms with Crippen LogP contribution in [-0.2, 0) is 9.84 Å². The van der Waals surface area contributed by atoms with E-state index in [1.54, 1.807) is 19.1 Å². The summed E-state index contributed by atoms with van der Waals surface area (Å²) >= 11 is 5.97. The Kier molecular flexibility index (Phi) is 6.80. The highest BCUT2D eigenvalue weighted by Gasteiger charge is 2.30. The first-order chi connectivity index (χ1) is 12.6. The lowest BCUT2D eigenvalue weighted by Gasteiger charge is -2.21. The maximum Gasteiger partial charge on any atom is 0.213 e. The molecule has 0 saturated heterocycles. The first-order valence-corrected chi connectivity index (χ1v) is 10.2. The predicted molar refractivity (Wildman–Crippen MR) is 110 cm³/mol. The number of likely N-dealkylation sites (N-methyl/N-ethyl adjacent to an activating group) is 1. The topological polar surface area (TPSA) is 97.7 Å². The second-order valence-corrected chi connectivity index (χ2v) is 8.69. The van der Waals surface area contributed by atoms with Crippen molar-refractivity contribution in [1.82, 2.24) is 15.5 Å². The number of benzene rings is 1. The number of nitrogens with one attached hydrogen (secondary N) is 3. The van der Waals surface area contributed by atoms with Crippen molar-refractivity contribution in [1.29, 1.82) is 5.41 Å². The fraction of sp³-hybridized carbons (Fsp3) is 0.333. The van der Waals surface area contributed by atoms with Crippen LogP contribution in [-0.4, -0.2) is 52.6 Å². The van der Waals surface area contributed by atoms with Crippen molar-refractivity contribution in [3.8, 4) is 0 Å². The van der Waals surface area contributed by atoms with Crippen LogP contribution in [0.25, 0.3) is 0 Å². The van der Waals surface area contributed by atoms with Crippen molar-refractivity contribution in [3.05, 3.63) is 51.8 Å². The Balaban J connectivity index is 2.56. The van der Waals surface area contributed by atoms with E-state index in [1.807, 2.05) is 25.1 Å². The molecule has 0 aromatic heterocycles. The van der Waals surface area contributed by atoms with E-state index in [9.17, 15) is 8.42 Å². The lowest BCUT2D eigenvalue weighted by molar-refractivity contribution is 0.409. The molecule has 0 unspecified atom stereocenters. The SMILES string of the molecule is CNC(=N)/C(=C1/N=C(C)C=C(CCN(C)C)N1)S(=O)(=O)c1cccc(Cl)c1. The average Bonchev–Trinajstić information content (AvgIpc) is 2.59. The molecule has 0 radical (unpaired) electrons. The maximum absolute atomic E-state index is 13.2. The summed E-state index contributed by atoms with van der Waals surface area (Å²) < 4.78 is 26.5. The molecule has 0 amide bonds. The molecule has 3 N–H and O–H groups in total. The standard InChI is InChI=1S/C18H24ClN5O2S/c1-12-10-14(8-9-24(3)4)23-18(22-12)16(17(20)21-2)27(25,26)15-7-5-6-13(19)11-15/h5-7,10-11,23H,8-9H2,1-4H3,(H2,20,21)/b18-16+. The van der Waals surface area contributed by atoms with Crippen molar-refractivity contribution in [3.63, 3.8) is 0 Å². The van der Waals surface area contributed by atoms with Gasteiger partial charge in [-0.2, -0.15) is 0 Å². The van der Waals surface area contributed by atoms with E-state index < -0.39 is 9.84 Å². The minimum Gasteiger partial charge on any atom is -0.372 e. The minimum atomic E-state index is -4.01. The van der Waals surface area contributed by atoms with E-state index in [4.69, 9.17) is 17.0 Å². The molecule has 0 atom stereocenters. The first-order valence-electron chi connectivity index (χ1n) is 8.34. The van der Waals surface area contributed by atoms with Gasteiger partial charge in [0.25, 0.3) is 0 Å². The molecule has 0 spiro atoms. The zero-order chi connectivity index (χ0) is 20.2. The van der Waals surface area contributed by atoms with Gasteiger partial charge in [0.05, 0.1) is 4.90 Å². The van der Waals surface area contributed by atoms with Crippen molar-refractivity contribution in [2.24, 2.45) is 4.99 Å². The van der Waals surface area contributed by atoms with Crippen LogP contribution in [0.2, 0.25) is 5.02 Å². The van der Waals surface area contributed by atoms with Gasteiger partial charge in [-0.25, -0.2) is 13.4 Å². The summed E-state index contributed by atoms with van der Waals surface area (Å²) in [5.74, 6) is -0.119. The van der Waals surface area contributed by atoms with Crippen LogP contribution in [0.15, 0.2) is 56.7 Å². The molecule has 1 heterocycles. The fourth-order valence-corrected chi connectivity index (χ4v) is 4.26. The van der Waals surface area contributed by atoms with Crippen LogP contribution in [0, 0.1) is 5.41 Å². The second kappa shape index (κ2) is 8.69. The van der Waals surface area contributed by atoms with Gasteiger partial charge in [0, 0.05) is 36.4 Å². The third kappa shape index (κ3) is 5.18. The highest BCUT2D eigenvalue weighted by Crippen LogP contribution is 2.26. The van der Waals surface area contributed by atoms with Gasteiger partial charge < -0.3 is 15.5 Å². The Morgan fingerprint density at radius 2 is 2.07 bits per heavy atom. The molecule has 1 aromatic carbocycles. The largest absolute Gasteiger partial charge is 0.372 e. The highest BCUT2D eigenvalue weighted by molar-refractivity contribution is 7.96. The Hall–Kier alpha value is -2.16. The molecule has 1 aliphatic heterocycles. The van der Waals surface area contributed by atoms with Gasteiger partial charge in [-0.15, -0.1) is 0 Å². The lowest BCUT2D eigenvalue weighted by atomic mass is 10.2. The van der Waals surface area contributed by atoms with Crippen LogP contribution in [0.3, 0.4) is 0 Å². The molecular weight excluding hydrogens is 386 g/mol. The average molecular weight is 410 g/mol. The molecule has 9 heteroatoms. The van der Waals surface area contributed by atoms with Crippen LogP contribution < -0.4 is 10.6 Å². The van der Waals surface area contributed by atoms with Gasteiger partial charge in [-0.3, -0.25) is 5.41 Å². The van der Waals surface area contributed by atoms with E-state index in [-0.39, 0.29) is 21.5 Å². The van der Waals surface area contributed by atoms with Gasteiger partial charge in [0.15, 0.2) is 10.7 Å². The zero-order valence-corrected chi connectivity index (χ0v) is 17.4. The van der Waals surface area contributed by atoms with Crippen molar-refractivity contribution in [2.45, 2.75) is 18.2 Å². The zero-order valence-electron chi connectivity index (χ0n) is 15.8. The number of halogens is 1. The molecule has 2 rings (SSSR count). The smallest absolute Gasteiger partial charge is 0.213 e. The highest BCUT2D eigenvalue weighted by atomic mass is 35.5. The van der Waals surface area contributed by atoms with Gasteiger partial charge in [-0.1, -0.05) is 17.7 Å². The summed E-state index contributed by atoms with van der Waals surface area (Å²) in [7, 11) is 1.42. The second-order valence-electron chi connectivity index (χ2n) is 6.36. The molecule has 7 nitrogen and oxygen atoms in total. The van der Waals surface area contributed by atoms with Gasteiger partial charge in [0.2, 0.25) is 9.84 Å². The molecular formula is C18H24ClN5O2S. The summed E-state index contributed by atoms with van der Waals surface area (Å²) in [5.41, 5.74) is 1.51. The Morgan fingerprint density at radius 1 is 1.37 bits per heavy atom. The summed E-state index contributed by atoms with van der Waals surface area (Å²) in [6.07, 6.45) is 2.57. The number of amidine groups is 1. The Labute approximate surface area is 165 Å². The number of nitrogens with zero attached hydrogens (tertiary/aromatic N) is 2. The van der Waals surface area contributed by atoms with Crippen molar-refractivity contribution in [2.75, 3.05) is 27.7 Å². The first kappa shape index (κ1) is 21.1. The lowest BCUT2D eigenvalue weighted by Crippen LogP contribution is -2.31. The number of hydrogen-bond donors (Lipinski definition) is 3.